The Labute approximate surface area is 113 Å². The van der Waals surface area contributed by atoms with Gasteiger partial charge in [-0.25, -0.2) is 9.97 Å². The number of nitrogens with zero attached hydrogens (tertiary/aromatic N) is 3. The molecule has 1 aliphatic carbocycles. The van der Waals surface area contributed by atoms with E-state index in [0.717, 1.165) is 28.8 Å². The molecule has 3 rings (SSSR count). The number of hydrogen-bond acceptors (Lipinski definition) is 5. The number of anilines is 3. The molecule has 2 aromatic heterocycles. The minimum atomic E-state index is 0.481. The van der Waals surface area contributed by atoms with Crippen LogP contribution in [0.2, 0.25) is 0 Å². The van der Waals surface area contributed by atoms with Gasteiger partial charge in [0.2, 0.25) is 0 Å². The zero-order chi connectivity index (χ0) is 12.5. The van der Waals surface area contributed by atoms with Gasteiger partial charge in [-0.15, -0.1) is 0 Å². The Morgan fingerprint density at radius 1 is 1.22 bits per heavy atom. The molecule has 0 atom stereocenters. The summed E-state index contributed by atoms with van der Waals surface area (Å²) in [6, 6.07) is 3.66. The summed E-state index contributed by atoms with van der Waals surface area (Å²) < 4.78 is 0.914. The number of pyridine rings is 1. The third-order valence-corrected chi connectivity index (χ3v) is 3.12. The van der Waals surface area contributed by atoms with E-state index in [2.05, 4.69) is 36.2 Å². The van der Waals surface area contributed by atoms with Crippen LogP contribution >= 0.6 is 15.9 Å². The standard InChI is InChI=1S/C12H12BrN5/c13-8-3-9(6-15-5-8)16-11-4-10(14)17-12(18-11)7-1-2-7/h3-7H,1-2H2,(H3,14,16,17,18). The third-order valence-electron chi connectivity index (χ3n) is 2.68. The number of nitrogens with one attached hydrogen (secondary N) is 1. The van der Waals surface area contributed by atoms with Crippen molar-refractivity contribution >= 4 is 33.3 Å². The van der Waals surface area contributed by atoms with Gasteiger partial charge >= 0.3 is 0 Å². The van der Waals surface area contributed by atoms with Crippen molar-refractivity contribution in [1.29, 1.82) is 0 Å². The normalized spacial score (nSPS) is 14.5. The van der Waals surface area contributed by atoms with Crippen LogP contribution in [0.3, 0.4) is 0 Å². The molecule has 0 aliphatic heterocycles. The van der Waals surface area contributed by atoms with Crippen molar-refractivity contribution in [2.24, 2.45) is 0 Å². The maximum atomic E-state index is 5.79. The first-order chi connectivity index (χ1) is 8.70. The molecular weight excluding hydrogens is 294 g/mol. The molecule has 92 valence electrons. The lowest BCUT2D eigenvalue weighted by molar-refractivity contribution is 0.935. The van der Waals surface area contributed by atoms with Gasteiger partial charge < -0.3 is 11.1 Å². The van der Waals surface area contributed by atoms with E-state index >= 15 is 0 Å². The lowest BCUT2D eigenvalue weighted by atomic mass is 10.3. The van der Waals surface area contributed by atoms with Gasteiger partial charge in [-0.2, -0.15) is 0 Å². The van der Waals surface area contributed by atoms with Crippen LogP contribution in [-0.4, -0.2) is 15.0 Å². The van der Waals surface area contributed by atoms with Crippen molar-refractivity contribution in [3.63, 3.8) is 0 Å². The van der Waals surface area contributed by atoms with Gasteiger partial charge in [0.15, 0.2) is 0 Å². The van der Waals surface area contributed by atoms with Gasteiger partial charge in [0.25, 0.3) is 0 Å². The van der Waals surface area contributed by atoms with Crippen LogP contribution in [0.4, 0.5) is 17.3 Å². The van der Waals surface area contributed by atoms with Gasteiger partial charge in [-0.05, 0) is 34.8 Å². The first-order valence-electron chi connectivity index (χ1n) is 5.73. The second kappa shape index (κ2) is 4.53. The quantitative estimate of drug-likeness (QED) is 0.912. The average Bonchev–Trinajstić information content (AvgIpc) is 3.11. The van der Waals surface area contributed by atoms with Crippen LogP contribution < -0.4 is 11.1 Å². The molecule has 1 fully saturated rings. The fraction of sp³-hybridized carbons (Fsp3) is 0.250. The van der Waals surface area contributed by atoms with Crippen molar-refractivity contribution in [3.8, 4) is 0 Å². The third kappa shape index (κ3) is 2.59. The maximum Gasteiger partial charge on any atom is 0.136 e. The molecule has 3 N–H and O–H groups in total. The summed E-state index contributed by atoms with van der Waals surface area (Å²) in [7, 11) is 0. The van der Waals surface area contributed by atoms with E-state index in [4.69, 9.17) is 5.73 Å². The van der Waals surface area contributed by atoms with Crippen LogP contribution in [0.5, 0.6) is 0 Å². The van der Waals surface area contributed by atoms with E-state index in [1.165, 1.54) is 0 Å². The van der Waals surface area contributed by atoms with E-state index in [9.17, 15) is 0 Å². The van der Waals surface area contributed by atoms with Crippen LogP contribution in [0.25, 0.3) is 0 Å². The first kappa shape index (κ1) is 11.4. The molecule has 1 aliphatic rings. The van der Waals surface area contributed by atoms with Crippen LogP contribution in [0.15, 0.2) is 29.0 Å². The van der Waals surface area contributed by atoms with Crippen molar-refractivity contribution in [2.75, 3.05) is 11.1 Å². The number of hydrogen-bond donors (Lipinski definition) is 2. The Morgan fingerprint density at radius 3 is 2.78 bits per heavy atom. The summed E-state index contributed by atoms with van der Waals surface area (Å²) in [5, 5.41) is 3.18. The van der Waals surface area contributed by atoms with Gasteiger partial charge in [-0.3, -0.25) is 4.98 Å². The van der Waals surface area contributed by atoms with Crippen molar-refractivity contribution in [3.05, 3.63) is 34.8 Å². The maximum absolute atomic E-state index is 5.79. The number of aromatic nitrogens is 3. The Morgan fingerprint density at radius 2 is 2.06 bits per heavy atom. The SMILES string of the molecule is Nc1cc(Nc2cncc(Br)c2)nc(C2CC2)n1. The van der Waals surface area contributed by atoms with E-state index in [0.29, 0.717) is 17.6 Å². The van der Waals surface area contributed by atoms with E-state index < -0.39 is 0 Å². The smallest absolute Gasteiger partial charge is 0.136 e. The first-order valence-corrected chi connectivity index (χ1v) is 6.52. The predicted octanol–water partition coefficient (Wildman–Crippen LogP) is 2.84. The molecule has 5 nitrogen and oxygen atoms in total. The summed E-state index contributed by atoms with van der Waals surface area (Å²) in [4.78, 5) is 12.8. The highest BCUT2D eigenvalue weighted by molar-refractivity contribution is 9.10. The van der Waals surface area contributed by atoms with Gasteiger partial charge in [0.05, 0.1) is 11.9 Å². The molecular formula is C12H12BrN5. The molecule has 2 heterocycles. The van der Waals surface area contributed by atoms with Crippen molar-refractivity contribution in [1.82, 2.24) is 15.0 Å². The van der Waals surface area contributed by atoms with Crippen LogP contribution in [0, 0.1) is 0 Å². The average molecular weight is 306 g/mol. The van der Waals surface area contributed by atoms with E-state index in [-0.39, 0.29) is 0 Å². The summed E-state index contributed by atoms with van der Waals surface area (Å²) in [6.45, 7) is 0. The van der Waals surface area contributed by atoms with Crippen molar-refractivity contribution < 1.29 is 0 Å². The predicted molar refractivity (Wildman–Crippen MR) is 73.6 cm³/mol. The Balaban J connectivity index is 1.87. The summed E-state index contributed by atoms with van der Waals surface area (Å²) in [5.74, 6) is 2.52. The lowest BCUT2D eigenvalue weighted by Gasteiger charge is -2.07. The monoisotopic (exact) mass is 305 g/mol. The lowest BCUT2D eigenvalue weighted by Crippen LogP contribution is -2.02. The van der Waals surface area contributed by atoms with E-state index in [1.54, 1.807) is 18.5 Å². The van der Waals surface area contributed by atoms with Gasteiger partial charge in [0.1, 0.15) is 17.5 Å². The summed E-state index contributed by atoms with van der Waals surface area (Å²) in [5.41, 5.74) is 6.66. The minimum Gasteiger partial charge on any atom is -0.384 e. The topological polar surface area (TPSA) is 76.7 Å². The Bertz CT molecular complexity index is 582. The zero-order valence-corrected chi connectivity index (χ0v) is 11.2. The Kier molecular flexibility index (Phi) is 2.87. The second-order valence-electron chi connectivity index (χ2n) is 4.33. The highest BCUT2D eigenvalue weighted by Crippen LogP contribution is 2.38. The van der Waals surface area contributed by atoms with Crippen LogP contribution in [0.1, 0.15) is 24.6 Å². The minimum absolute atomic E-state index is 0.481. The molecule has 6 heteroatoms. The fourth-order valence-corrected chi connectivity index (χ4v) is 2.07. The molecule has 1 saturated carbocycles. The second-order valence-corrected chi connectivity index (χ2v) is 5.24. The summed E-state index contributed by atoms with van der Waals surface area (Å²) >= 11 is 3.38. The molecule has 0 saturated heterocycles. The van der Waals surface area contributed by atoms with Gasteiger partial charge in [-0.1, -0.05) is 0 Å². The summed E-state index contributed by atoms with van der Waals surface area (Å²) in [6.07, 6.45) is 5.78. The zero-order valence-electron chi connectivity index (χ0n) is 9.60. The van der Waals surface area contributed by atoms with Gasteiger partial charge in [0, 0.05) is 22.7 Å². The molecule has 0 unspecified atom stereocenters. The highest BCUT2D eigenvalue weighted by atomic mass is 79.9. The molecule has 0 radical (unpaired) electrons. The number of nitrogens with two attached hydrogens (primary N) is 1. The molecule has 0 amide bonds. The number of halogens is 1. The molecule has 2 aromatic rings. The van der Waals surface area contributed by atoms with E-state index in [1.807, 2.05) is 6.07 Å². The molecule has 0 spiro atoms. The fourth-order valence-electron chi connectivity index (χ4n) is 1.70. The largest absolute Gasteiger partial charge is 0.384 e. The van der Waals surface area contributed by atoms with Crippen LogP contribution in [-0.2, 0) is 0 Å². The number of nitrogen functional groups attached to an aromatic ring is 1. The molecule has 18 heavy (non-hydrogen) atoms. The molecule has 0 bridgehead atoms. The Hall–Kier alpha value is -1.69. The molecule has 0 aromatic carbocycles. The van der Waals surface area contributed by atoms with Crippen molar-refractivity contribution in [2.45, 2.75) is 18.8 Å². The number of rotatable bonds is 3. The highest BCUT2D eigenvalue weighted by Gasteiger charge is 2.27.